The summed E-state index contributed by atoms with van der Waals surface area (Å²) in [5, 5.41) is 9.22. The number of nitrogens with one attached hydrogen (secondary N) is 2. The number of hydrogen-bond acceptors (Lipinski definition) is 7. The molecule has 0 aliphatic heterocycles. The minimum absolute atomic E-state index is 0.324. The van der Waals surface area contributed by atoms with Crippen LogP contribution in [0.4, 0.5) is 0 Å². The standard InChI is InChI=1S/C11H13N3O7/c1-2-6(15)7(16)5-21-8(17)3-4-14-10(19)12-9(18)13-11(14)20/h2,7,16H,1,3-5H2,(H2,12,13,18,19,20). The second kappa shape index (κ2) is 7.14. The number of rotatable bonds is 7. The monoisotopic (exact) mass is 299 g/mol. The van der Waals surface area contributed by atoms with E-state index < -0.39 is 41.5 Å². The number of aliphatic hydroxyl groups is 1. The van der Waals surface area contributed by atoms with Crippen molar-refractivity contribution >= 4 is 11.8 Å². The number of aromatic nitrogens is 3. The minimum Gasteiger partial charge on any atom is -0.462 e. The summed E-state index contributed by atoms with van der Waals surface area (Å²) in [6.07, 6.45) is -0.979. The van der Waals surface area contributed by atoms with E-state index in [-0.39, 0.29) is 13.0 Å². The highest BCUT2D eigenvalue weighted by atomic mass is 16.5. The number of ketones is 1. The third-order valence-electron chi connectivity index (χ3n) is 2.40. The number of esters is 1. The van der Waals surface area contributed by atoms with E-state index in [1.165, 1.54) is 0 Å². The van der Waals surface area contributed by atoms with E-state index in [2.05, 4.69) is 11.3 Å². The van der Waals surface area contributed by atoms with Crippen LogP contribution in [0.5, 0.6) is 0 Å². The van der Waals surface area contributed by atoms with E-state index in [9.17, 15) is 29.1 Å². The number of ether oxygens (including phenoxy) is 1. The average Bonchev–Trinajstić information content (AvgIpc) is 2.42. The lowest BCUT2D eigenvalue weighted by molar-refractivity contribution is -0.148. The molecule has 114 valence electrons. The smallest absolute Gasteiger partial charge is 0.333 e. The molecule has 0 radical (unpaired) electrons. The van der Waals surface area contributed by atoms with Crippen molar-refractivity contribution in [2.45, 2.75) is 19.1 Å². The van der Waals surface area contributed by atoms with Crippen molar-refractivity contribution in [3.8, 4) is 0 Å². The lowest BCUT2D eigenvalue weighted by Crippen LogP contribution is -2.43. The number of aromatic amines is 2. The summed E-state index contributed by atoms with van der Waals surface area (Å²) in [6.45, 7) is 2.28. The maximum atomic E-state index is 11.4. The molecule has 10 nitrogen and oxygen atoms in total. The normalized spacial score (nSPS) is 11.7. The molecule has 21 heavy (non-hydrogen) atoms. The van der Waals surface area contributed by atoms with Crippen LogP contribution < -0.4 is 17.1 Å². The number of nitrogens with zero attached hydrogens (tertiary/aromatic N) is 1. The first-order chi connectivity index (χ1) is 9.85. The molecule has 0 aliphatic carbocycles. The molecule has 1 aromatic rings. The van der Waals surface area contributed by atoms with Crippen molar-refractivity contribution in [2.24, 2.45) is 0 Å². The topological polar surface area (TPSA) is 151 Å². The zero-order chi connectivity index (χ0) is 16.0. The van der Waals surface area contributed by atoms with Gasteiger partial charge in [-0.1, -0.05) is 6.58 Å². The average molecular weight is 299 g/mol. The first-order valence-corrected chi connectivity index (χ1v) is 5.78. The third-order valence-corrected chi connectivity index (χ3v) is 2.40. The summed E-state index contributed by atoms with van der Waals surface area (Å²) in [5.41, 5.74) is -2.87. The molecular weight excluding hydrogens is 286 g/mol. The molecule has 3 N–H and O–H groups in total. The van der Waals surface area contributed by atoms with Crippen LogP contribution in [0.1, 0.15) is 6.42 Å². The molecule has 1 aromatic heterocycles. The van der Waals surface area contributed by atoms with Crippen LogP contribution in [0, 0.1) is 0 Å². The molecule has 10 heteroatoms. The highest BCUT2D eigenvalue weighted by Gasteiger charge is 2.14. The van der Waals surface area contributed by atoms with Gasteiger partial charge in [0.25, 0.3) is 0 Å². The number of aliphatic hydroxyl groups excluding tert-OH is 1. The number of H-pyrrole nitrogens is 2. The molecule has 0 amide bonds. The third kappa shape index (κ3) is 4.69. The first-order valence-electron chi connectivity index (χ1n) is 5.78. The molecule has 1 unspecified atom stereocenters. The quantitative estimate of drug-likeness (QED) is 0.365. The Labute approximate surface area is 116 Å². The van der Waals surface area contributed by atoms with Gasteiger partial charge in [0.05, 0.1) is 6.42 Å². The second-order valence-corrected chi connectivity index (χ2v) is 3.90. The highest BCUT2D eigenvalue weighted by molar-refractivity contribution is 5.93. The fourth-order valence-corrected chi connectivity index (χ4v) is 1.32. The van der Waals surface area contributed by atoms with Gasteiger partial charge in [-0.15, -0.1) is 0 Å². The zero-order valence-electron chi connectivity index (χ0n) is 10.8. The van der Waals surface area contributed by atoms with Crippen molar-refractivity contribution in [1.82, 2.24) is 14.5 Å². The van der Waals surface area contributed by atoms with E-state index in [1.54, 1.807) is 0 Å². The van der Waals surface area contributed by atoms with Crippen LogP contribution in [0.15, 0.2) is 27.0 Å². The molecule has 0 aromatic carbocycles. The van der Waals surface area contributed by atoms with Gasteiger partial charge in [0.1, 0.15) is 6.61 Å². The SMILES string of the molecule is C=CC(=O)C(O)COC(=O)CCn1c(=O)[nH]c(=O)[nH]c1=O. The summed E-state index contributed by atoms with van der Waals surface area (Å²) in [6, 6.07) is 0. The Hall–Kier alpha value is -2.75. The van der Waals surface area contributed by atoms with Gasteiger partial charge in [-0.3, -0.25) is 19.6 Å². The van der Waals surface area contributed by atoms with E-state index in [0.29, 0.717) is 4.57 Å². The molecule has 1 heterocycles. The first kappa shape index (κ1) is 16.3. The Bertz CT molecular complexity index is 677. The molecule has 0 saturated heterocycles. The summed E-state index contributed by atoms with van der Waals surface area (Å²) in [5.74, 6) is -1.53. The van der Waals surface area contributed by atoms with Crippen molar-refractivity contribution in [2.75, 3.05) is 6.61 Å². The molecule has 0 spiro atoms. The highest BCUT2D eigenvalue weighted by Crippen LogP contribution is 1.93. The van der Waals surface area contributed by atoms with Crippen LogP contribution in [0.25, 0.3) is 0 Å². The van der Waals surface area contributed by atoms with E-state index >= 15 is 0 Å². The van der Waals surface area contributed by atoms with Gasteiger partial charge >= 0.3 is 23.0 Å². The Morgan fingerprint density at radius 3 is 2.38 bits per heavy atom. The molecule has 1 atom stereocenters. The van der Waals surface area contributed by atoms with E-state index in [1.807, 2.05) is 9.97 Å². The fourth-order valence-electron chi connectivity index (χ4n) is 1.32. The van der Waals surface area contributed by atoms with Crippen LogP contribution >= 0.6 is 0 Å². The molecular formula is C11H13N3O7. The van der Waals surface area contributed by atoms with Crippen molar-refractivity contribution in [3.63, 3.8) is 0 Å². The van der Waals surface area contributed by atoms with Gasteiger partial charge in [-0.25, -0.2) is 19.0 Å². The molecule has 0 aliphatic rings. The second-order valence-electron chi connectivity index (χ2n) is 3.90. The Balaban J connectivity index is 2.57. The largest absolute Gasteiger partial charge is 0.462 e. The predicted octanol–water partition coefficient (Wildman–Crippen LogP) is -2.73. The van der Waals surface area contributed by atoms with Gasteiger partial charge in [0.2, 0.25) is 0 Å². The maximum Gasteiger partial charge on any atom is 0.333 e. The van der Waals surface area contributed by atoms with Crippen LogP contribution in [0.2, 0.25) is 0 Å². The van der Waals surface area contributed by atoms with Gasteiger partial charge in [-0.2, -0.15) is 0 Å². The maximum absolute atomic E-state index is 11.4. The van der Waals surface area contributed by atoms with Crippen LogP contribution in [0.3, 0.4) is 0 Å². The zero-order valence-corrected chi connectivity index (χ0v) is 10.8. The molecule has 1 rings (SSSR count). The number of carbonyl (C=O) groups is 2. The van der Waals surface area contributed by atoms with Crippen molar-refractivity contribution < 1.29 is 19.4 Å². The van der Waals surface area contributed by atoms with Gasteiger partial charge in [-0.05, 0) is 6.08 Å². The Morgan fingerprint density at radius 2 is 1.86 bits per heavy atom. The number of hydrogen-bond donors (Lipinski definition) is 3. The Morgan fingerprint density at radius 1 is 1.29 bits per heavy atom. The predicted molar refractivity (Wildman–Crippen MR) is 68.7 cm³/mol. The molecule has 0 saturated carbocycles. The fraction of sp³-hybridized carbons (Fsp3) is 0.364. The Kier molecular flexibility index (Phi) is 5.55. The minimum atomic E-state index is -1.51. The lowest BCUT2D eigenvalue weighted by atomic mass is 10.2. The summed E-state index contributed by atoms with van der Waals surface area (Å²) < 4.78 is 5.20. The van der Waals surface area contributed by atoms with E-state index in [0.717, 1.165) is 6.08 Å². The summed E-state index contributed by atoms with van der Waals surface area (Å²) >= 11 is 0. The van der Waals surface area contributed by atoms with Gasteiger partial charge < -0.3 is 9.84 Å². The van der Waals surface area contributed by atoms with Crippen molar-refractivity contribution in [3.05, 3.63) is 44.1 Å². The lowest BCUT2D eigenvalue weighted by Gasteiger charge is -2.08. The van der Waals surface area contributed by atoms with Crippen molar-refractivity contribution in [1.29, 1.82) is 0 Å². The van der Waals surface area contributed by atoms with Gasteiger partial charge in [0.15, 0.2) is 11.9 Å². The van der Waals surface area contributed by atoms with Crippen LogP contribution in [-0.2, 0) is 20.9 Å². The van der Waals surface area contributed by atoms with Gasteiger partial charge in [0, 0.05) is 6.54 Å². The molecule has 0 fully saturated rings. The van der Waals surface area contributed by atoms with Crippen LogP contribution in [-0.4, -0.2) is 44.1 Å². The number of carbonyl (C=O) groups excluding carboxylic acids is 2. The summed E-state index contributed by atoms with van der Waals surface area (Å²) in [7, 11) is 0. The molecule has 0 bridgehead atoms. The van der Waals surface area contributed by atoms with E-state index in [4.69, 9.17) is 0 Å². The summed E-state index contributed by atoms with van der Waals surface area (Å²) in [4.78, 5) is 59.3.